The van der Waals surface area contributed by atoms with Crippen molar-refractivity contribution in [3.63, 3.8) is 0 Å². The minimum absolute atomic E-state index is 0.0524. The lowest BCUT2D eigenvalue weighted by Crippen LogP contribution is -2.54. The Balaban J connectivity index is 1.53. The summed E-state index contributed by atoms with van der Waals surface area (Å²) in [6, 6.07) is 13.7. The minimum Gasteiger partial charge on any atom is -0.508 e. The number of aromatic hydroxyl groups is 1. The zero-order chi connectivity index (χ0) is 21.5. The van der Waals surface area contributed by atoms with Crippen molar-refractivity contribution >= 4 is 29.6 Å². The summed E-state index contributed by atoms with van der Waals surface area (Å²) in [5.74, 6) is -0.513. The number of carbonyl (C=O) groups is 3. The van der Waals surface area contributed by atoms with Crippen LogP contribution in [-0.2, 0) is 9.59 Å². The molecule has 0 radical (unpaired) electrons. The number of ether oxygens (including phenoxy) is 2. The average molecular weight is 417 g/mol. The van der Waals surface area contributed by atoms with Crippen molar-refractivity contribution in [2.45, 2.75) is 0 Å². The predicted octanol–water partition coefficient (Wildman–Crippen LogP) is 2.58. The molecular formula is C22H15N3O6. The van der Waals surface area contributed by atoms with Gasteiger partial charge in [0, 0.05) is 23.6 Å². The molecule has 1 aromatic heterocycles. The van der Waals surface area contributed by atoms with Gasteiger partial charge in [-0.3, -0.25) is 14.9 Å². The Bertz CT molecular complexity index is 1260. The van der Waals surface area contributed by atoms with Crippen LogP contribution in [0.25, 0.3) is 11.8 Å². The summed E-state index contributed by atoms with van der Waals surface area (Å²) >= 11 is 0. The van der Waals surface area contributed by atoms with Gasteiger partial charge in [-0.15, -0.1) is 0 Å². The molecule has 2 aromatic carbocycles. The van der Waals surface area contributed by atoms with Crippen LogP contribution in [0.1, 0.15) is 5.69 Å². The van der Waals surface area contributed by atoms with Crippen LogP contribution in [-0.4, -0.2) is 34.3 Å². The zero-order valence-electron chi connectivity index (χ0n) is 15.9. The molecule has 4 amide bonds. The lowest BCUT2D eigenvalue weighted by atomic mass is 10.1. The maximum absolute atomic E-state index is 13.1. The van der Waals surface area contributed by atoms with Crippen LogP contribution in [0.2, 0.25) is 0 Å². The van der Waals surface area contributed by atoms with Crippen molar-refractivity contribution in [2.24, 2.45) is 0 Å². The number of barbiturate groups is 1. The van der Waals surface area contributed by atoms with E-state index in [1.165, 1.54) is 30.3 Å². The van der Waals surface area contributed by atoms with Crippen molar-refractivity contribution in [1.82, 2.24) is 9.88 Å². The fourth-order valence-corrected chi connectivity index (χ4v) is 3.42. The molecule has 2 N–H and O–H groups in total. The first kappa shape index (κ1) is 18.5. The summed E-state index contributed by atoms with van der Waals surface area (Å²) in [7, 11) is 0. The smallest absolute Gasteiger partial charge is 0.335 e. The monoisotopic (exact) mass is 417 g/mol. The molecule has 3 aromatic rings. The van der Waals surface area contributed by atoms with Crippen LogP contribution in [0.15, 0.2) is 66.4 Å². The van der Waals surface area contributed by atoms with E-state index in [2.05, 4.69) is 5.32 Å². The van der Waals surface area contributed by atoms with Crippen molar-refractivity contribution in [3.05, 3.63) is 72.1 Å². The Labute approximate surface area is 175 Å². The number of phenols is 1. The number of rotatable bonds is 3. The van der Waals surface area contributed by atoms with Gasteiger partial charge in [0.2, 0.25) is 6.79 Å². The van der Waals surface area contributed by atoms with Gasteiger partial charge < -0.3 is 19.1 Å². The highest BCUT2D eigenvalue weighted by Crippen LogP contribution is 2.36. The first-order valence-electron chi connectivity index (χ1n) is 9.29. The van der Waals surface area contributed by atoms with E-state index in [-0.39, 0.29) is 23.8 Å². The van der Waals surface area contributed by atoms with Gasteiger partial charge >= 0.3 is 6.03 Å². The fourth-order valence-electron chi connectivity index (χ4n) is 3.42. The molecule has 2 aliphatic heterocycles. The van der Waals surface area contributed by atoms with Gasteiger partial charge in [-0.05, 0) is 54.6 Å². The van der Waals surface area contributed by atoms with Gasteiger partial charge in [-0.1, -0.05) is 0 Å². The minimum atomic E-state index is -0.847. The quantitative estimate of drug-likeness (QED) is 0.501. The maximum Gasteiger partial charge on any atom is 0.335 e. The maximum atomic E-state index is 13.1. The molecular weight excluding hydrogens is 402 g/mol. The topological polar surface area (TPSA) is 110 Å². The van der Waals surface area contributed by atoms with E-state index in [0.29, 0.717) is 17.2 Å². The standard InChI is InChI=1S/C22H15N3O6/c26-16-6-3-13(4-7-16)24-9-1-2-14(24)10-17-20(27)23-22(29)25(21(17)28)15-5-8-18-19(11-15)31-12-30-18/h1-11,26H,12H2,(H,23,27,29)/b17-10+. The molecule has 1 saturated heterocycles. The second-order valence-corrected chi connectivity index (χ2v) is 6.81. The van der Waals surface area contributed by atoms with Crippen LogP contribution in [0.4, 0.5) is 10.5 Å². The molecule has 3 heterocycles. The van der Waals surface area contributed by atoms with E-state index in [4.69, 9.17) is 9.47 Å². The number of urea groups is 1. The van der Waals surface area contributed by atoms with Crippen molar-refractivity contribution in [2.75, 3.05) is 11.7 Å². The summed E-state index contributed by atoms with van der Waals surface area (Å²) in [5, 5.41) is 11.7. The number of hydrogen-bond acceptors (Lipinski definition) is 6. The third kappa shape index (κ3) is 3.18. The van der Waals surface area contributed by atoms with Gasteiger partial charge in [0.05, 0.1) is 5.69 Å². The lowest BCUT2D eigenvalue weighted by molar-refractivity contribution is -0.122. The van der Waals surface area contributed by atoms with Gasteiger partial charge in [0.1, 0.15) is 11.3 Å². The number of amides is 4. The molecule has 0 spiro atoms. The largest absolute Gasteiger partial charge is 0.508 e. The van der Waals surface area contributed by atoms with E-state index >= 15 is 0 Å². The van der Waals surface area contributed by atoms with E-state index < -0.39 is 17.8 Å². The Morgan fingerprint density at radius 3 is 2.48 bits per heavy atom. The van der Waals surface area contributed by atoms with Crippen LogP contribution in [0.5, 0.6) is 17.2 Å². The molecule has 0 aliphatic carbocycles. The second kappa shape index (κ2) is 7.06. The first-order chi connectivity index (χ1) is 15.0. The summed E-state index contributed by atoms with van der Waals surface area (Å²) in [5.41, 5.74) is 1.32. The van der Waals surface area contributed by atoms with Gasteiger partial charge in [-0.2, -0.15) is 0 Å². The second-order valence-electron chi connectivity index (χ2n) is 6.81. The Hall–Kier alpha value is -4.53. The van der Waals surface area contributed by atoms with Gasteiger partial charge in [0.25, 0.3) is 11.8 Å². The number of nitrogens with one attached hydrogen (secondary N) is 1. The third-order valence-corrected chi connectivity index (χ3v) is 4.92. The van der Waals surface area contributed by atoms with Crippen molar-refractivity contribution < 1.29 is 29.0 Å². The average Bonchev–Trinajstić information content (AvgIpc) is 3.40. The SMILES string of the molecule is O=C1NC(=O)N(c2ccc3c(c2)OCO3)C(=O)/C1=C/c1cccn1-c1ccc(O)cc1. The molecule has 0 saturated carbocycles. The van der Waals surface area contributed by atoms with E-state index in [1.807, 2.05) is 0 Å². The highest BCUT2D eigenvalue weighted by molar-refractivity contribution is 6.39. The third-order valence-electron chi connectivity index (χ3n) is 4.92. The Morgan fingerprint density at radius 2 is 1.68 bits per heavy atom. The Kier molecular flexibility index (Phi) is 4.21. The van der Waals surface area contributed by atoms with Gasteiger partial charge in [0.15, 0.2) is 11.5 Å². The lowest BCUT2D eigenvalue weighted by Gasteiger charge is -2.26. The molecule has 9 heteroatoms. The molecule has 0 bridgehead atoms. The highest BCUT2D eigenvalue weighted by Gasteiger charge is 2.37. The van der Waals surface area contributed by atoms with Crippen molar-refractivity contribution in [1.29, 1.82) is 0 Å². The fraction of sp³-hybridized carbons (Fsp3) is 0.0455. The summed E-state index contributed by atoms with van der Waals surface area (Å²) in [6.45, 7) is 0.0524. The molecule has 1 fully saturated rings. The number of phenolic OH excluding ortho intramolecular Hbond substituents is 1. The number of aromatic nitrogens is 1. The van der Waals surface area contributed by atoms with E-state index in [1.54, 1.807) is 41.1 Å². The number of imide groups is 2. The van der Waals surface area contributed by atoms with Gasteiger partial charge in [-0.25, -0.2) is 9.69 Å². The van der Waals surface area contributed by atoms with Crippen molar-refractivity contribution in [3.8, 4) is 22.9 Å². The zero-order valence-corrected chi connectivity index (χ0v) is 15.9. The molecule has 2 aliphatic rings. The number of anilines is 1. The summed E-state index contributed by atoms with van der Waals surface area (Å²) < 4.78 is 12.3. The molecule has 0 atom stereocenters. The Morgan fingerprint density at radius 1 is 0.935 bits per heavy atom. The molecule has 31 heavy (non-hydrogen) atoms. The number of fused-ring (bicyclic) bond motifs is 1. The summed E-state index contributed by atoms with van der Waals surface area (Å²) in [4.78, 5) is 38.9. The van der Waals surface area contributed by atoms with Crippen LogP contribution in [0, 0.1) is 0 Å². The van der Waals surface area contributed by atoms with E-state index in [0.717, 1.165) is 10.6 Å². The predicted molar refractivity (Wildman–Crippen MR) is 109 cm³/mol. The normalized spacial score (nSPS) is 16.7. The first-order valence-corrected chi connectivity index (χ1v) is 9.29. The highest BCUT2D eigenvalue weighted by atomic mass is 16.7. The number of carbonyl (C=O) groups excluding carboxylic acids is 3. The molecule has 0 unspecified atom stereocenters. The number of benzene rings is 2. The molecule has 154 valence electrons. The molecule has 9 nitrogen and oxygen atoms in total. The van der Waals surface area contributed by atoms with Crippen LogP contribution >= 0.6 is 0 Å². The van der Waals surface area contributed by atoms with Crippen LogP contribution in [0.3, 0.4) is 0 Å². The molecule has 5 rings (SSSR count). The summed E-state index contributed by atoms with van der Waals surface area (Å²) in [6.07, 6.45) is 3.17. The van der Waals surface area contributed by atoms with E-state index in [9.17, 15) is 19.5 Å². The van der Waals surface area contributed by atoms with Crippen LogP contribution < -0.4 is 19.7 Å². The number of hydrogen-bond donors (Lipinski definition) is 2. The number of nitrogens with zero attached hydrogens (tertiary/aromatic N) is 2.